The molecule has 25 heavy (non-hydrogen) atoms. The van der Waals surface area contributed by atoms with E-state index < -0.39 is 0 Å². The third-order valence-corrected chi connectivity index (χ3v) is 5.41. The van der Waals surface area contributed by atoms with Crippen LogP contribution < -0.4 is 4.74 Å². The van der Waals surface area contributed by atoms with Gasteiger partial charge in [-0.3, -0.25) is 4.79 Å². The number of hydrogen-bond acceptors (Lipinski definition) is 4. The lowest BCUT2D eigenvalue weighted by atomic mass is 9.97. The van der Waals surface area contributed by atoms with Gasteiger partial charge in [-0.05, 0) is 94.8 Å². The average molecular weight is 345 g/mol. The number of nitrogens with zero attached hydrogens (tertiary/aromatic N) is 1. The van der Waals surface area contributed by atoms with Crippen molar-refractivity contribution in [2.45, 2.75) is 51.9 Å². The molecule has 0 spiro atoms. The molecule has 1 fully saturated rings. The molecule has 2 aliphatic rings. The van der Waals surface area contributed by atoms with Gasteiger partial charge in [0.15, 0.2) is 0 Å². The van der Waals surface area contributed by atoms with Crippen LogP contribution in [0.1, 0.15) is 50.2 Å². The van der Waals surface area contributed by atoms with E-state index in [1.54, 1.807) is 0 Å². The molecule has 1 aromatic rings. The number of fused-ring (bicyclic) bond motifs is 1. The number of aryl methyl sites for hydroxylation is 2. The Balaban J connectivity index is 1.27. The Labute approximate surface area is 151 Å². The Morgan fingerprint density at radius 2 is 1.96 bits per heavy atom. The van der Waals surface area contributed by atoms with E-state index in [2.05, 4.69) is 23.1 Å². The first-order valence-corrected chi connectivity index (χ1v) is 9.90. The number of ether oxygens (including phenoxy) is 2. The van der Waals surface area contributed by atoms with Crippen molar-refractivity contribution in [2.75, 3.05) is 32.8 Å². The van der Waals surface area contributed by atoms with Crippen molar-refractivity contribution in [1.82, 2.24) is 4.90 Å². The van der Waals surface area contributed by atoms with Crippen molar-refractivity contribution in [3.63, 3.8) is 0 Å². The maximum atomic E-state index is 11.8. The molecule has 1 saturated heterocycles. The van der Waals surface area contributed by atoms with Gasteiger partial charge < -0.3 is 14.4 Å². The molecular formula is C21H31NO3. The molecule has 0 amide bonds. The van der Waals surface area contributed by atoms with E-state index in [0.29, 0.717) is 6.61 Å². The van der Waals surface area contributed by atoms with Crippen LogP contribution in [0.2, 0.25) is 0 Å². The average Bonchev–Trinajstić information content (AvgIpc) is 3.10. The van der Waals surface area contributed by atoms with Gasteiger partial charge in [-0.15, -0.1) is 0 Å². The summed E-state index contributed by atoms with van der Waals surface area (Å²) in [7, 11) is 0. The summed E-state index contributed by atoms with van der Waals surface area (Å²) in [5, 5.41) is 0. The Morgan fingerprint density at radius 3 is 2.76 bits per heavy atom. The van der Waals surface area contributed by atoms with Crippen molar-refractivity contribution < 1.29 is 14.3 Å². The SMILES string of the molecule is CCOC(=O)C1CCN(CCCCOc2ccc3c(c2)CCC3)CC1. The molecule has 1 aliphatic carbocycles. The third-order valence-electron chi connectivity index (χ3n) is 5.41. The van der Waals surface area contributed by atoms with Crippen molar-refractivity contribution in [2.24, 2.45) is 5.92 Å². The fraction of sp³-hybridized carbons (Fsp3) is 0.667. The zero-order valence-electron chi connectivity index (χ0n) is 15.5. The van der Waals surface area contributed by atoms with Gasteiger partial charge >= 0.3 is 5.97 Å². The van der Waals surface area contributed by atoms with Crippen LogP contribution in [0.25, 0.3) is 0 Å². The topological polar surface area (TPSA) is 38.8 Å². The van der Waals surface area contributed by atoms with E-state index in [9.17, 15) is 4.79 Å². The highest BCUT2D eigenvalue weighted by Crippen LogP contribution is 2.26. The quantitative estimate of drug-likeness (QED) is 0.533. The fourth-order valence-corrected chi connectivity index (χ4v) is 3.92. The second-order valence-corrected chi connectivity index (χ2v) is 7.21. The summed E-state index contributed by atoms with van der Waals surface area (Å²) in [5.41, 5.74) is 2.97. The Kier molecular flexibility index (Phi) is 6.74. The minimum absolute atomic E-state index is 0.00936. The van der Waals surface area contributed by atoms with Crippen molar-refractivity contribution in [3.05, 3.63) is 29.3 Å². The predicted molar refractivity (Wildman–Crippen MR) is 99.0 cm³/mol. The molecule has 3 rings (SSSR count). The number of rotatable bonds is 8. The minimum atomic E-state index is -0.00936. The highest BCUT2D eigenvalue weighted by atomic mass is 16.5. The number of piperidine rings is 1. The second-order valence-electron chi connectivity index (χ2n) is 7.21. The maximum absolute atomic E-state index is 11.8. The molecule has 0 N–H and O–H groups in total. The largest absolute Gasteiger partial charge is 0.494 e. The van der Waals surface area contributed by atoms with Crippen LogP contribution in [0.3, 0.4) is 0 Å². The maximum Gasteiger partial charge on any atom is 0.309 e. The summed E-state index contributed by atoms with van der Waals surface area (Å²) in [4.78, 5) is 14.2. The van der Waals surface area contributed by atoms with Crippen molar-refractivity contribution in [3.8, 4) is 5.75 Å². The van der Waals surface area contributed by atoms with Crippen LogP contribution in [-0.2, 0) is 22.4 Å². The number of likely N-dealkylation sites (tertiary alicyclic amines) is 1. The van der Waals surface area contributed by atoms with Crippen LogP contribution in [0, 0.1) is 5.92 Å². The van der Waals surface area contributed by atoms with Gasteiger partial charge in [0.2, 0.25) is 0 Å². The van der Waals surface area contributed by atoms with Crippen molar-refractivity contribution in [1.29, 1.82) is 0 Å². The molecule has 138 valence electrons. The van der Waals surface area contributed by atoms with Crippen LogP contribution in [0.15, 0.2) is 18.2 Å². The lowest BCUT2D eigenvalue weighted by Gasteiger charge is -2.30. The standard InChI is InChI=1S/C21H31NO3/c1-2-24-21(23)18-10-13-22(14-11-18)12-3-4-15-25-20-9-8-17-6-5-7-19(17)16-20/h8-9,16,18H,2-7,10-15H2,1H3. The van der Waals surface area contributed by atoms with Gasteiger partial charge in [-0.25, -0.2) is 0 Å². The van der Waals surface area contributed by atoms with Gasteiger partial charge in [-0.1, -0.05) is 6.07 Å². The highest BCUT2D eigenvalue weighted by Gasteiger charge is 2.25. The first kappa shape index (κ1) is 18.2. The number of carbonyl (C=O) groups is 1. The first-order chi connectivity index (χ1) is 12.3. The van der Waals surface area contributed by atoms with Crippen LogP contribution in [-0.4, -0.2) is 43.7 Å². The smallest absolute Gasteiger partial charge is 0.309 e. The summed E-state index contributed by atoms with van der Waals surface area (Å²) in [6.07, 6.45) is 7.81. The summed E-state index contributed by atoms with van der Waals surface area (Å²) < 4.78 is 11.0. The molecule has 1 aliphatic heterocycles. The van der Waals surface area contributed by atoms with E-state index >= 15 is 0 Å². The Hall–Kier alpha value is -1.55. The summed E-state index contributed by atoms with van der Waals surface area (Å²) in [5.74, 6) is 1.13. The van der Waals surface area contributed by atoms with E-state index in [0.717, 1.165) is 57.7 Å². The number of unbranched alkanes of at least 4 members (excludes halogenated alkanes) is 1. The van der Waals surface area contributed by atoms with Crippen LogP contribution in [0.4, 0.5) is 0 Å². The van der Waals surface area contributed by atoms with E-state index in [1.807, 2.05) is 6.92 Å². The van der Waals surface area contributed by atoms with E-state index in [1.165, 1.54) is 30.4 Å². The van der Waals surface area contributed by atoms with Gasteiger partial charge in [0.05, 0.1) is 19.1 Å². The number of benzene rings is 1. The molecule has 0 aromatic heterocycles. The Morgan fingerprint density at radius 1 is 1.16 bits per heavy atom. The van der Waals surface area contributed by atoms with Gasteiger partial charge in [0.1, 0.15) is 5.75 Å². The summed E-state index contributed by atoms with van der Waals surface area (Å²) in [6, 6.07) is 6.57. The summed E-state index contributed by atoms with van der Waals surface area (Å²) >= 11 is 0. The lowest BCUT2D eigenvalue weighted by Crippen LogP contribution is -2.37. The van der Waals surface area contributed by atoms with Crippen LogP contribution >= 0.6 is 0 Å². The molecule has 4 heteroatoms. The van der Waals surface area contributed by atoms with E-state index in [-0.39, 0.29) is 11.9 Å². The molecule has 1 aromatic carbocycles. The van der Waals surface area contributed by atoms with Crippen LogP contribution in [0.5, 0.6) is 5.75 Å². The number of hydrogen-bond donors (Lipinski definition) is 0. The minimum Gasteiger partial charge on any atom is -0.494 e. The predicted octanol–water partition coefficient (Wildman–Crippen LogP) is 3.61. The zero-order chi connectivity index (χ0) is 17.5. The first-order valence-electron chi connectivity index (χ1n) is 9.90. The molecule has 0 radical (unpaired) electrons. The third kappa shape index (κ3) is 5.21. The molecule has 0 bridgehead atoms. The van der Waals surface area contributed by atoms with Gasteiger partial charge in [0, 0.05) is 0 Å². The lowest BCUT2D eigenvalue weighted by molar-refractivity contribution is -0.149. The summed E-state index contributed by atoms with van der Waals surface area (Å²) in [6.45, 7) is 6.27. The molecular weight excluding hydrogens is 314 g/mol. The molecule has 4 nitrogen and oxygen atoms in total. The highest BCUT2D eigenvalue weighted by molar-refractivity contribution is 5.72. The van der Waals surface area contributed by atoms with Crippen molar-refractivity contribution >= 4 is 5.97 Å². The van der Waals surface area contributed by atoms with Gasteiger partial charge in [0.25, 0.3) is 0 Å². The molecule has 0 saturated carbocycles. The van der Waals surface area contributed by atoms with E-state index in [4.69, 9.17) is 9.47 Å². The van der Waals surface area contributed by atoms with Gasteiger partial charge in [-0.2, -0.15) is 0 Å². The number of esters is 1. The fourth-order valence-electron chi connectivity index (χ4n) is 3.92. The Bertz CT molecular complexity index is 564. The monoisotopic (exact) mass is 345 g/mol. The molecule has 1 heterocycles. The number of carbonyl (C=O) groups excluding carboxylic acids is 1. The molecule has 0 unspecified atom stereocenters. The normalized spacial score (nSPS) is 18.1. The zero-order valence-corrected chi connectivity index (χ0v) is 15.5. The molecule has 0 atom stereocenters. The second kappa shape index (κ2) is 9.23.